The monoisotopic (exact) mass is 307 g/mol. The molecule has 0 fully saturated rings. The second-order valence-electron chi connectivity index (χ2n) is 5.04. The Bertz CT molecular complexity index is 586. The fraction of sp³-hybridized carbons (Fsp3) is 0.294. The second-order valence-corrected chi connectivity index (χ2v) is 5.45. The summed E-state index contributed by atoms with van der Waals surface area (Å²) in [5, 5.41) is 0.502. The third-order valence-electron chi connectivity index (χ3n) is 3.35. The Kier molecular flexibility index (Phi) is 5.59. The van der Waals surface area contributed by atoms with Crippen molar-refractivity contribution >= 4 is 11.6 Å². The Morgan fingerprint density at radius 3 is 2.57 bits per heavy atom. The van der Waals surface area contributed by atoms with E-state index in [1.54, 1.807) is 0 Å². The van der Waals surface area contributed by atoms with Crippen molar-refractivity contribution in [1.82, 2.24) is 0 Å². The SMILES string of the molecule is CCC(N)Cc1ccc(OCc2cc(F)ccc2Cl)cc1. The lowest BCUT2D eigenvalue weighted by atomic mass is 10.0. The van der Waals surface area contributed by atoms with Gasteiger partial charge in [-0.25, -0.2) is 4.39 Å². The van der Waals surface area contributed by atoms with Crippen molar-refractivity contribution in [2.75, 3.05) is 0 Å². The minimum absolute atomic E-state index is 0.183. The standard InChI is InChI=1S/C17H19ClFNO/c1-2-15(20)9-12-3-6-16(7-4-12)21-11-13-10-14(19)5-8-17(13)18/h3-8,10,15H,2,9,11,20H2,1H3. The molecule has 0 heterocycles. The van der Waals surface area contributed by atoms with Crippen molar-refractivity contribution in [2.24, 2.45) is 5.73 Å². The van der Waals surface area contributed by atoms with Gasteiger partial charge in [-0.2, -0.15) is 0 Å². The molecule has 2 aromatic carbocycles. The summed E-state index contributed by atoms with van der Waals surface area (Å²) >= 11 is 6.00. The van der Waals surface area contributed by atoms with Gasteiger partial charge in [0.2, 0.25) is 0 Å². The molecule has 0 bridgehead atoms. The highest BCUT2D eigenvalue weighted by Crippen LogP contribution is 2.20. The van der Waals surface area contributed by atoms with Crippen molar-refractivity contribution in [3.63, 3.8) is 0 Å². The quantitative estimate of drug-likeness (QED) is 0.861. The van der Waals surface area contributed by atoms with Crippen LogP contribution in [0.15, 0.2) is 42.5 Å². The van der Waals surface area contributed by atoms with Crippen molar-refractivity contribution in [2.45, 2.75) is 32.4 Å². The number of ether oxygens (including phenoxy) is 1. The fourth-order valence-electron chi connectivity index (χ4n) is 1.98. The molecule has 0 amide bonds. The van der Waals surface area contributed by atoms with Gasteiger partial charge in [0.15, 0.2) is 0 Å². The minimum atomic E-state index is -0.318. The van der Waals surface area contributed by atoms with Gasteiger partial charge in [-0.3, -0.25) is 0 Å². The lowest BCUT2D eigenvalue weighted by Crippen LogP contribution is -2.21. The maximum Gasteiger partial charge on any atom is 0.123 e. The first-order valence-corrected chi connectivity index (χ1v) is 7.37. The van der Waals surface area contributed by atoms with Crippen LogP contribution in [0.2, 0.25) is 5.02 Å². The molecule has 0 aliphatic heterocycles. The summed E-state index contributed by atoms with van der Waals surface area (Å²) in [5.74, 6) is 0.408. The van der Waals surface area contributed by atoms with Crippen LogP contribution < -0.4 is 10.5 Å². The average molecular weight is 308 g/mol. The number of hydrogen-bond acceptors (Lipinski definition) is 2. The Balaban J connectivity index is 1.96. The van der Waals surface area contributed by atoms with Gasteiger partial charge < -0.3 is 10.5 Å². The average Bonchev–Trinajstić information content (AvgIpc) is 2.49. The third-order valence-corrected chi connectivity index (χ3v) is 3.72. The highest BCUT2D eigenvalue weighted by Gasteiger charge is 2.05. The molecule has 1 atom stereocenters. The van der Waals surface area contributed by atoms with E-state index in [0.717, 1.165) is 18.6 Å². The molecule has 0 spiro atoms. The summed E-state index contributed by atoms with van der Waals surface area (Å²) in [7, 11) is 0. The zero-order chi connectivity index (χ0) is 15.2. The van der Waals surface area contributed by atoms with Gasteiger partial charge in [-0.1, -0.05) is 30.7 Å². The predicted molar refractivity (Wildman–Crippen MR) is 84.2 cm³/mol. The number of halogens is 2. The Morgan fingerprint density at radius 1 is 1.19 bits per heavy atom. The van der Waals surface area contributed by atoms with Crippen LogP contribution in [-0.4, -0.2) is 6.04 Å². The van der Waals surface area contributed by atoms with Gasteiger partial charge in [-0.15, -0.1) is 0 Å². The van der Waals surface area contributed by atoms with Crippen molar-refractivity contribution < 1.29 is 9.13 Å². The molecule has 0 aliphatic carbocycles. The first-order valence-electron chi connectivity index (χ1n) is 6.99. The van der Waals surface area contributed by atoms with Crippen LogP contribution in [0.25, 0.3) is 0 Å². The van der Waals surface area contributed by atoms with Gasteiger partial charge in [0.05, 0.1) is 0 Å². The topological polar surface area (TPSA) is 35.2 Å². The van der Waals surface area contributed by atoms with E-state index < -0.39 is 0 Å². The highest BCUT2D eigenvalue weighted by molar-refractivity contribution is 6.31. The van der Waals surface area contributed by atoms with Crippen LogP contribution in [0.3, 0.4) is 0 Å². The molecule has 0 aromatic heterocycles. The van der Waals surface area contributed by atoms with Gasteiger partial charge in [0.1, 0.15) is 18.2 Å². The van der Waals surface area contributed by atoms with E-state index in [4.69, 9.17) is 22.1 Å². The number of nitrogens with two attached hydrogens (primary N) is 1. The maximum atomic E-state index is 13.2. The minimum Gasteiger partial charge on any atom is -0.489 e. The van der Waals surface area contributed by atoms with E-state index in [-0.39, 0.29) is 18.5 Å². The molecule has 2 nitrogen and oxygen atoms in total. The molecule has 0 saturated heterocycles. The molecule has 2 aromatic rings. The molecular weight excluding hydrogens is 289 g/mol. The molecule has 0 saturated carbocycles. The molecule has 2 N–H and O–H groups in total. The fourth-order valence-corrected chi connectivity index (χ4v) is 2.16. The maximum absolute atomic E-state index is 13.2. The summed E-state index contributed by atoms with van der Waals surface area (Å²) in [4.78, 5) is 0. The van der Waals surface area contributed by atoms with Gasteiger partial charge in [-0.05, 0) is 48.7 Å². The molecular formula is C17H19ClFNO. The zero-order valence-electron chi connectivity index (χ0n) is 12.0. The summed E-state index contributed by atoms with van der Waals surface area (Å²) in [6.07, 6.45) is 1.81. The van der Waals surface area contributed by atoms with Crippen LogP contribution >= 0.6 is 11.6 Å². The number of hydrogen-bond donors (Lipinski definition) is 1. The van der Waals surface area contributed by atoms with Crippen LogP contribution in [-0.2, 0) is 13.0 Å². The van der Waals surface area contributed by atoms with Gasteiger partial charge in [0.25, 0.3) is 0 Å². The molecule has 2 rings (SSSR count). The summed E-state index contributed by atoms with van der Waals surface area (Å²) in [5.41, 5.74) is 7.74. The van der Waals surface area contributed by atoms with Crippen LogP contribution in [0, 0.1) is 5.82 Å². The Hall–Kier alpha value is -1.58. The lowest BCUT2D eigenvalue weighted by Gasteiger charge is -2.11. The largest absolute Gasteiger partial charge is 0.489 e. The second kappa shape index (κ2) is 7.43. The molecule has 1 unspecified atom stereocenters. The molecule has 21 heavy (non-hydrogen) atoms. The number of rotatable bonds is 6. The number of benzene rings is 2. The van der Waals surface area contributed by atoms with Crippen LogP contribution in [0.4, 0.5) is 4.39 Å². The van der Waals surface area contributed by atoms with E-state index in [9.17, 15) is 4.39 Å². The summed E-state index contributed by atoms with van der Waals surface area (Å²) in [6.45, 7) is 2.31. The van der Waals surface area contributed by atoms with Crippen molar-refractivity contribution in [3.05, 3.63) is 64.4 Å². The molecule has 0 aliphatic rings. The van der Waals surface area contributed by atoms with E-state index in [1.165, 1.54) is 23.8 Å². The van der Waals surface area contributed by atoms with Gasteiger partial charge in [0, 0.05) is 16.6 Å². The van der Waals surface area contributed by atoms with E-state index in [1.807, 2.05) is 24.3 Å². The van der Waals surface area contributed by atoms with Crippen LogP contribution in [0.1, 0.15) is 24.5 Å². The first-order chi connectivity index (χ1) is 10.1. The van der Waals surface area contributed by atoms with Crippen molar-refractivity contribution in [3.8, 4) is 5.75 Å². The zero-order valence-corrected chi connectivity index (χ0v) is 12.7. The molecule has 112 valence electrons. The van der Waals surface area contributed by atoms with Crippen LogP contribution in [0.5, 0.6) is 5.75 Å². The van der Waals surface area contributed by atoms with E-state index >= 15 is 0 Å². The Labute approximate surface area is 129 Å². The third kappa shape index (κ3) is 4.73. The first kappa shape index (κ1) is 15.8. The lowest BCUT2D eigenvalue weighted by molar-refractivity contribution is 0.305. The Morgan fingerprint density at radius 2 is 1.90 bits per heavy atom. The molecule has 4 heteroatoms. The van der Waals surface area contributed by atoms with E-state index in [0.29, 0.717) is 10.6 Å². The summed E-state index contributed by atoms with van der Waals surface area (Å²) < 4.78 is 18.8. The smallest absolute Gasteiger partial charge is 0.123 e. The predicted octanol–water partition coefficient (Wildman–Crippen LogP) is 4.34. The normalized spacial score (nSPS) is 12.2. The van der Waals surface area contributed by atoms with E-state index in [2.05, 4.69) is 6.92 Å². The van der Waals surface area contributed by atoms with Gasteiger partial charge >= 0.3 is 0 Å². The summed E-state index contributed by atoms with van der Waals surface area (Å²) in [6, 6.07) is 12.2. The molecule has 0 radical (unpaired) electrons. The highest BCUT2D eigenvalue weighted by atomic mass is 35.5. The van der Waals surface area contributed by atoms with Crippen molar-refractivity contribution in [1.29, 1.82) is 0 Å².